The molecule has 1 saturated carbocycles. The molecular formula is C37H35F7. The van der Waals surface area contributed by atoms with Crippen molar-refractivity contribution >= 4 is 0 Å². The molecule has 0 aromatic heterocycles. The first kappa shape index (κ1) is 31.8. The molecule has 0 spiro atoms. The lowest BCUT2D eigenvalue weighted by Crippen LogP contribution is -2.13. The second-order valence-corrected chi connectivity index (χ2v) is 11.9. The Kier molecular flexibility index (Phi) is 10.1. The van der Waals surface area contributed by atoms with Crippen LogP contribution >= 0.6 is 0 Å². The van der Waals surface area contributed by atoms with Crippen LogP contribution in [0.1, 0.15) is 80.9 Å². The summed E-state index contributed by atoms with van der Waals surface area (Å²) in [6.07, 6.45) is 9.35. The molecule has 1 fully saturated rings. The summed E-state index contributed by atoms with van der Waals surface area (Å²) in [5.74, 6) is -7.55. The molecule has 1 aliphatic rings. The van der Waals surface area contributed by atoms with Gasteiger partial charge in [0, 0.05) is 16.7 Å². The standard InChI is InChI=1S/C37H35F7/c1-2-3-4-5-22-6-9-24(10-7-22)25-11-13-26(14-12-25)28-16-17-29(36(43)35(28)42)27-20-31(38)30(32(39)21-27)15-8-23-18-33(40)37(44)34(41)19-23/h11-14,16-22,24H,2-10,15H2,1H3. The van der Waals surface area contributed by atoms with Crippen LogP contribution in [0.4, 0.5) is 30.7 Å². The third kappa shape index (κ3) is 7.03. The number of halogens is 7. The molecule has 0 N–H and O–H groups in total. The van der Waals surface area contributed by atoms with E-state index in [2.05, 4.69) is 6.92 Å². The van der Waals surface area contributed by atoms with Gasteiger partial charge in [-0.15, -0.1) is 0 Å². The average Bonchev–Trinajstić information content (AvgIpc) is 3.01. The molecule has 4 aromatic rings. The van der Waals surface area contributed by atoms with E-state index in [4.69, 9.17) is 0 Å². The first-order valence-electron chi connectivity index (χ1n) is 15.4. The van der Waals surface area contributed by atoms with Crippen LogP contribution in [0.3, 0.4) is 0 Å². The van der Waals surface area contributed by atoms with Crippen molar-refractivity contribution in [2.24, 2.45) is 5.92 Å². The monoisotopic (exact) mass is 612 g/mol. The summed E-state index contributed by atoms with van der Waals surface area (Å²) in [6, 6.07) is 13.5. The highest BCUT2D eigenvalue weighted by atomic mass is 19.2. The first-order valence-corrected chi connectivity index (χ1v) is 15.4. The van der Waals surface area contributed by atoms with Gasteiger partial charge in [0.15, 0.2) is 29.1 Å². The number of aryl methyl sites for hydroxylation is 1. The summed E-state index contributed by atoms with van der Waals surface area (Å²) in [7, 11) is 0. The lowest BCUT2D eigenvalue weighted by atomic mass is 9.77. The third-order valence-electron chi connectivity index (χ3n) is 9.00. The molecule has 0 saturated heterocycles. The lowest BCUT2D eigenvalue weighted by Gasteiger charge is -2.29. The Morgan fingerprint density at radius 1 is 0.568 bits per heavy atom. The van der Waals surface area contributed by atoms with Crippen LogP contribution in [0.15, 0.2) is 60.7 Å². The van der Waals surface area contributed by atoms with Crippen LogP contribution in [0.5, 0.6) is 0 Å². The molecule has 0 unspecified atom stereocenters. The van der Waals surface area contributed by atoms with Gasteiger partial charge in [-0.3, -0.25) is 0 Å². The minimum absolute atomic E-state index is 0.0196. The molecule has 232 valence electrons. The van der Waals surface area contributed by atoms with E-state index in [9.17, 15) is 22.0 Å². The molecule has 5 rings (SSSR count). The second kappa shape index (κ2) is 14.0. The van der Waals surface area contributed by atoms with Crippen molar-refractivity contribution in [3.63, 3.8) is 0 Å². The van der Waals surface area contributed by atoms with Gasteiger partial charge < -0.3 is 0 Å². The predicted octanol–water partition coefficient (Wildman–Crippen LogP) is 11.6. The van der Waals surface area contributed by atoms with Crippen molar-refractivity contribution in [1.82, 2.24) is 0 Å². The highest BCUT2D eigenvalue weighted by Crippen LogP contribution is 2.39. The van der Waals surface area contributed by atoms with Crippen LogP contribution in [-0.4, -0.2) is 0 Å². The summed E-state index contributed by atoms with van der Waals surface area (Å²) >= 11 is 0. The third-order valence-corrected chi connectivity index (χ3v) is 9.00. The highest BCUT2D eigenvalue weighted by Gasteiger charge is 2.23. The second-order valence-electron chi connectivity index (χ2n) is 11.9. The van der Waals surface area contributed by atoms with E-state index in [0.717, 1.165) is 43.0 Å². The predicted molar refractivity (Wildman–Crippen MR) is 160 cm³/mol. The summed E-state index contributed by atoms with van der Waals surface area (Å²) in [6.45, 7) is 2.22. The van der Waals surface area contributed by atoms with Gasteiger partial charge >= 0.3 is 0 Å². The zero-order valence-electron chi connectivity index (χ0n) is 24.6. The van der Waals surface area contributed by atoms with Gasteiger partial charge in [-0.25, -0.2) is 30.7 Å². The molecule has 0 nitrogen and oxygen atoms in total. The van der Waals surface area contributed by atoms with E-state index in [-0.39, 0.29) is 40.7 Å². The molecule has 4 aromatic carbocycles. The normalized spacial score (nSPS) is 16.8. The maximum absolute atomic E-state index is 15.3. The minimum atomic E-state index is -1.63. The molecule has 0 amide bonds. The van der Waals surface area contributed by atoms with Gasteiger partial charge in [0.05, 0.1) is 0 Å². The highest BCUT2D eigenvalue weighted by molar-refractivity contribution is 5.72. The van der Waals surface area contributed by atoms with Crippen molar-refractivity contribution in [2.75, 3.05) is 0 Å². The number of benzene rings is 4. The fraction of sp³-hybridized carbons (Fsp3) is 0.351. The van der Waals surface area contributed by atoms with Gasteiger partial charge in [0.2, 0.25) is 0 Å². The number of rotatable bonds is 10. The summed E-state index contributed by atoms with van der Waals surface area (Å²) in [5.41, 5.74) is 0.892. The smallest absolute Gasteiger partial charge is 0.194 e. The SMILES string of the molecule is CCCCCC1CCC(c2ccc(-c3ccc(-c4cc(F)c(CCc5cc(F)c(F)c(F)c5)c(F)c4)c(F)c3F)cc2)CC1. The first-order chi connectivity index (χ1) is 21.2. The van der Waals surface area contributed by atoms with Crippen LogP contribution in [-0.2, 0) is 12.8 Å². The Labute approximate surface area is 253 Å². The Balaban J connectivity index is 1.28. The maximum Gasteiger partial charge on any atom is 0.194 e. The van der Waals surface area contributed by atoms with Crippen LogP contribution < -0.4 is 0 Å². The van der Waals surface area contributed by atoms with E-state index in [1.54, 1.807) is 12.1 Å². The topological polar surface area (TPSA) is 0 Å². The van der Waals surface area contributed by atoms with Crippen molar-refractivity contribution in [2.45, 2.75) is 77.0 Å². The zero-order chi connectivity index (χ0) is 31.4. The van der Waals surface area contributed by atoms with E-state index in [1.807, 2.05) is 12.1 Å². The number of hydrogen-bond acceptors (Lipinski definition) is 0. The van der Waals surface area contributed by atoms with E-state index in [0.29, 0.717) is 11.5 Å². The molecule has 0 radical (unpaired) electrons. The molecular weight excluding hydrogens is 577 g/mol. The quantitative estimate of drug-likeness (QED) is 0.0950. The van der Waals surface area contributed by atoms with Gasteiger partial charge in [-0.2, -0.15) is 0 Å². The number of unbranched alkanes of at least 4 members (excludes halogenated alkanes) is 2. The van der Waals surface area contributed by atoms with Crippen molar-refractivity contribution in [3.8, 4) is 22.3 Å². The maximum atomic E-state index is 15.3. The molecule has 0 aliphatic heterocycles. The Morgan fingerprint density at radius 2 is 1.14 bits per heavy atom. The van der Waals surface area contributed by atoms with Crippen molar-refractivity contribution in [1.29, 1.82) is 0 Å². The van der Waals surface area contributed by atoms with Gasteiger partial charge in [0.1, 0.15) is 11.6 Å². The van der Waals surface area contributed by atoms with E-state index in [1.165, 1.54) is 56.2 Å². The van der Waals surface area contributed by atoms with Gasteiger partial charge in [-0.05, 0) is 96.9 Å². The van der Waals surface area contributed by atoms with Gasteiger partial charge in [0.25, 0.3) is 0 Å². The fourth-order valence-electron chi connectivity index (χ4n) is 6.42. The Hall–Kier alpha value is -3.61. The number of hydrogen-bond donors (Lipinski definition) is 0. The minimum Gasteiger partial charge on any atom is -0.207 e. The Bertz CT molecular complexity index is 1560. The fourth-order valence-corrected chi connectivity index (χ4v) is 6.42. The van der Waals surface area contributed by atoms with Crippen molar-refractivity contribution in [3.05, 3.63) is 118 Å². The molecule has 7 heteroatoms. The zero-order valence-corrected chi connectivity index (χ0v) is 24.6. The molecule has 0 bridgehead atoms. The van der Waals surface area contributed by atoms with E-state index < -0.39 is 40.7 Å². The van der Waals surface area contributed by atoms with Crippen molar-refractivity contribution < 1.29 is 30.7 Å². The lowest BCUT2D eigenvalue weighted by molar-refractivity contribution is 0.303. The summed E-state index contributed by atoms with van der Waals surface area (Å²) in [4.78, 5) is 0. The summed E-state index contributed by atoms with van der Waals surface area (Å²) in [5, 5.41) is 0. The molecule has 0 atom stereocenters. The van der Waals surface area contributed by atoms with E-state index >= 15 is 8.78 Å². The molecule has 1 aliphatic carbocycles. The van der Waals surface area contributed by atoms with Crippen LogP contribution in [0, 0.1) is 46.6 Å². The average molecular weight is 613 g/mol. The van der Waals surface area contributed by atoms with Crippen LogP contribution in [0.2, 0.25) is 0 Å². The molecule has 0 heterocycles. The Morgan fingerprint density at radius 3 is 1.70 bits per heavy atom. The van der Waals surface area contributed by atoms with Gasteiger partial charge in [-0.1, -0.05) is 69.0 Å². The molecule has 44 heavy (non-hydrogen) atoms. The largest absolute Gasteiger partial charge is 0.207 e. The summed E-state index contributed by atoms with van der Waals surface area (Å²) < 4.78 is 101. The van der Waals surface area contributed by atoms with Crippen LogP contribution in [0.25, 0.3) is 22.3 Å².